The summed E-state index contributed by atoms with van der Waals surface area (Å²) >= 11 is 1.65. The molecule has 0 saturated carbocycles. The van der Waals surface area contributed by atoms with Crippen LogP contribution in [-0.2, 0) is 16.0 Å². The Balaban J connectivity index is 1.73. The molecule has 1 aromatic carbocycles. The van der Waals surface area contributed by atoms with Crippen LogP contribution in [0.15, 0.2) is 29.6 Å². The number of hydrogen-bond donors (Lipinski definition) is 1. The number of aliphatic carboxylic acids is 1. The number of aromatic nitrogens is 2. The predicted molar refractivity (Wildman–Crippen MR) is 162 cm³/mol. The number of rotatable bonds is 9. The Labute approximate surface area is 242 Å². The number of carboxylic acid groups (broad SMARTS) is 1. The van der Waals surface area contributed by atoms with E-state index >= 15 is 0 Å². The van der Waals surface area contributed by atoms with Gasteiger partial charge < -0.3 is 19.5 Å². The van der Waals surface area contributed by atoms with Crippen molar-refractivity contribution in [3.63, 3.8) is 0 Å². The fourth-order valence-corrected chi connectivity index (χ4v) is 5.92. The van der Waals surface area contributed by atoms with Crippen molar-refractivity contribution in [2.24, 2.45) is 5.41 Å². The number of benzene rings is 1. The molecule has 4 rings (SSSR count). The molecule has 8 heteroatoms. The van der Waals surface area contributed by atoms with Gasteiger partial charge >= 0.3 is 5.97 Å². The minimum absolute atomic E-state index is 0.248. The number of piperidine rings is 1. The fourth-order valence-electron chi connectivity index (χ4n) is 5.27. The highest BCUT2D eigenvalue weighted by Crippen LogP contribution is 2.45. The van der Waals surface area contributed by atoms with Crippen LogP contribution in [0.2, 0.25) is 0 Å². The zero-order chi connectivity index (χ0) is 29.2. The lowest BCUT2D eigenvalue weighted by Gasteiger charge is -2.41. The van der Waals surface area contributed by atoms with Crippen molar-refractivity contribution in [1.82, 2.24) is 9.97 Å². The van der Waals surface area contributed by atoms with Gasteiger partial charge in [0, 0.05) is 47.4 Å². The topological polar surface area (TPSA) is 84.8 Å². The Morgan fingerprint density at radius 1 is 1.07 bits per heavy atom. The first-order chi connectivity index (χ1) is 18.7. The summed E-state index contributed by atoms with van der Waals surface area (Å²) in [5, 5.41) is 13.5. The van der Waals surface area contributed by atoms with Gasteiger partial charge in [0.25, 0.3) is 0 Å². The molecule has 216 valence electrons. The quantitative estimate of drug-likeness (QED) is 0.291. The number of aryl methyl sites for hydroxylation is 3. The van der Waals surface area contributed by atoms with Gasteiger partial charge in [-0.05, 0) is 77.5 Å². The third kappa shape index (κ3) is 7.21. The summed E-state index contributed by atoms with van der Waals surface area (Å²) in [6.07, 6.45) is 1.68. The van der Waals surface area contributed by atoms with Crippen LogP contribution in [0.4, 0.5) is 5.69 Å². The van der Waals surface area contributed by atoms with Gasteiger partial charge in [-0.25, -0.2) is 9.78 Å². The zero-order valence-electron chi connectivity index (χ0n) is 25.1. The number of anilines is 1. The number of thiazole rings is 1. The van der Waals surface area contributed by atoms with Gasteiger partial charge in [-0.15, -0.1) is 11.3 Å². The summed E-state index contributed by atoms with van der Waals surface area (Å²) in [6, 6.07) is 8.04. The van der Waals surface area contributed by atoms with Crippen LogP contribution < -0.4 is 9.64 Å². The van der Waals surface area contributed by atoms with Crippen LogP contribution >= 0.6 is 11.3 Å². The maximum Gasteiger partial charge on any atom is 0.337 e. The third-order valence-corrected chi connectivity index (χ3v) is 8.23. The largest absolute Gasteiger partial charge is 0.493 e. The van der Waals surface area contributed by atoms with Crippen LogP contribution in [0.1, 0.15) is 81.2 Å². The van der Waals surface area contributed by atoms with E-state index in [4.69, 9.17) is 14.5 Å². The van der Waals surface area contributed by atoms with Crippen molar-refractivity contribution in [3.05, 3.63) is 57.3 Å². The van der Waals surface area contributed by atoms with Gasteiger partial charge in [0.15, 0.2) is 6.10 Å². The maximum atomic E-state index is 12.7. The third-order valence-electron chi connectivity index (χ3n) is 7.41. The summed E-state index contributed by atoms with van der Waals surface area (Å²) in [6.45, 7) is 18.4. The average molecular weight is 566 g/mol. The molecule has 1 atom stereocenters. The highest BCUT2D eigenvalue weighted by molar-refractivity contribution is 7.09. The van der Waals surface area contributed by atoms with E-state index in [9.17, 15) is 9.90 Å². The molecule has 2 aromatic heterocycles. The molecule has 1 saturated heterocycles. The summed E-state index contributed by atoms with van der Waals surface area (Å²) < 4.78 is 12.2. The number of nitrogens with zero attached hydrogens (tertiary/aromatic N) is 3. The molecule has 3 heterocycles. The Hall–Kier alpha value is -2.97. The molecule has 0 radical (unpaired) electrons. The molecule has 3 aromatic rings. The fraction of sp³-hybridized carbons (Fsp3) is 0.531. The van der Waals surface area contributed by atoms with Crippen molar-refractivity contribution in [3.8, 4) is 16.9 Å². The van der Waals surface area contributed by atoms with Crippen LogP contribution in [0.3, 0.4) is 0 Å². The Morgan fingerprint density at radius 2 is 1.73 bits per heavy atom. The number of hydrogen-bond acceptors (Lipinski definition) is 7. The lowest BCUT2D eigenvalue weighted by Crippen LogP contribution is -2.39. The predicted octanol–water partition coefficient (Wildman–Crippen LogP) is 7.32. The molecule has 1 fully saturated rings. The van der Waals surface area contributed by atoms with Crippen LogP contribution in [-0.4, -0.2) is 46.3 Å². The van der Waals surface area contributed by atoms with E-state index in [0.29, 0.717) is 17.9 Å². The molecular formula is C32H43N3O4S. The maximum absolute atomic E-state index is 12.7. The standard InChI is InChI=1S/C32H43N3O4S/c1-20-26(23-9-11-25(12-10-23)38-18-13-24-19-40-22(3)34-24)28(35-16-14-32(7,8)15-17-35)27(21(2)33-20)29(30(36)37)39-31(4,5)6/h9-12,19,29H,13-18H2,1-8H3,(H,36,37)/t29-/m0/s1. The number of ether oxygens (including phenoxy) is 2. The Kier molecular flexibility index (Phi) is 8.90. The SMILES string of the molecule is Cc1nc(CCOc2ccc(-c3c(C)nc(C)c([C@H](OC(C)(C)C)C(=O)O)c3N3CCC(C)(C)CC3)cc2)cs1. The first kappa shape index (κ1) is 30.0. The second-order valence-corrected chi connectivity index (χ2v) is 13.6. The minimum Gasteiger partial charge on any atom is -0.493 e. The van der Waals surface area contributed by atoms with Gasteiger partial charge in [-0.2, -0.15) is 0 Å². The van der Waals surface area contributed by atoms with Gasteiger partial charge in [-0.1, -0.05) is 26.0 Å². The molecule has 0 aliphatic carbocycles. The van der Waals surface area contributed by atoms with Gasteiger partial charge in [0.1, 0.15) is 5.75 Å². The van der Waals surface area contributed by atoms with Gasteiger partial charge in [-0.3, -0.25) is 4.98 Å². The van der Waals surface area contributed by atoms with E-state index < -0.39 is 17.7 Å². The Morgan fingerprint density at radius 3 is 2.27 bits per heavy atom. The normalized spacial score (nSPS) is 16.1. The molecule has 40 heavy (non-hydrogen) atoms. The molecule has 1 N–H and O–H groups in total. The number of carbonyl (C=O) groups is 1. The van der Waals surface area contributed by atoms with E-state index in [2.05, 4.69) is 29.1 Å². The zero-order valence-corrected chi connectivity index (χ0v) is 25.9. The van der Waals surface area contributed by atoms with Gasteiger partial charge in [0.2, 0.25) is 0 Å². The molecule has 1 aliphatic rings. The minimum atomic E-state index is -1.13. The smallest absolute Gasteiger partial charge is 0.337 e. The molecule has 0 amide bonds. The summed E-state index contributed by atoms with van der Waals surface area (Å²) in [7, 11) is 0. The van der Waals surface area contributed by atoms with Crippen LogP contribution in [0.5, 0.6) is 5.75 Å². The first-order valence-electron chi connectivity index (χ1n) is 14.0. The molecule has 0 bridgehead atoms. The summed E-state index contributed by atoms with van der Waals surface area (Å²) in [5.41, 5.74) is 5.71. The van der Waals surface area contributed by atoms with E-state index in [0.717, 1.165) is 71.3 Å². The van der Waals surface area contributed by atoms with E-state index in [-0.39, 0.29) is 5.41 Å². The van der Waals surface area contributed by atoms with E-state index in [1.165, 1.54) is 0 Å². The van der Waals surface area contributed by atoms with E-state index in [1.807, 2.05) is 65.8 Å². The highest BCUT2D eigenvalue weighted by Gasteiger charge is 2.36. The number of pyridine rings is 1. The lowest BCUT2D eigenvalue weighted by atomic mass is 9.82. The molecule has 7 nitrogen and oxygen atoms in total. The molecule has 0 spiro atoms. The van der Waals surface area contributed by atoms with Crippen molar-refractivity contribution in [2.75, 3.05) is 24.6 Å². The van der Waals surface area contributed by atoms with Crippen molar-refractivity contribution in [1.29, 1.82) is 0 Å². The first-order valence-corrected chi connectivity index (χ1v) is 14.9. The highest BCUT2D eigenvalue weighted by atomic mass is 32.1. The summed E-state index contributed by atoms with van der Waals surface area (Å²) in [4.78, 5) is 24.4. The molecule has 1 aliphatic heterocycles. The summed E-state index contributed by atoms with van der Waals surface area (Å²) in [5.74, 6) is -0.221. The average Bonchev–Trinajstić information content (AvgIpc) is 3.27. The monoisotopic (exact) mass is 565 g/mol. The second kappa shape index (κ2) is 11.9. The van der Waals surface area contributed by atoms with Crippen molar-refractivity contribution < 1.29 is 19.4 Å². The van der Waals surface area contributed by atoms with Crippen LogP contribution in [0, 0.1) is 26.2 Å². The van der Waals surface area contributed by atoms with Crippen molar-refractivity contribution in [2.45, 2.75) is 86.4 Å². The van der Waals surface area contributed by atoms with Crippen molar-refractivity contribution >= 4 is 23.0 Å². The number of carboxylic acids is 1. The second-order valence-electron chi connectivity index (χ2n) is 12.5. The molecule has 0 unspecified atom stereocenters. The van der Waals surface area contributed by atoms with E-state index in [1.54, 1.807) is 11.3 Å². The Bertz CT molecular complexity index is 1330. The van der Waals surface area contributed by atoms with Crippen LogP contribution in [0.25, 0.3) is 11.1 Å². The molecular weight excluding hydrogens is 522 g/mol. The van der Waals surface area contributed by atoms with Gasteiger partial charge in [0.05, 0.1) is 28.6 Å². The lowest BCUT2D eigenvalue weighted by molar-refractivity contribution is -0.160.